The molecule has 98 valence electrons. The van der Waals surface area contributed by atoms with Gasteiger partial charge in [0, 0.05) is 24.0 Å². The van der Waals surface area contributed by atoms with E-state index in [2.05, 4.69) is 0 Å². The Morgan fingerprint density at radius 2 is 1.95 bits per heavy atom. The Hall–Kier alpha value is -2.03. The molecule has 0 saturated carbocycles. The third kappa shape index (κ3) is 2.28. The van der Waals surface area contributed by atoms with Crippen molar-refractivity contribution in [2.24, 2.45) is 0 Å². The van der Waals surface area contributed by atoms with E-state index in [9.17, 15) is 4.79 Å². The van der Waals surface area contributed by atoms with Crippen molar-refractivity contribution in [3.8, 4) is 0 Å². The molecule has 1 aromatic heterocycles. The van der Waals surface area contributed by atoms with Gasteiger partial charge in [-0.1, -0.05) is 24.3 Å². The lowest BCUT2D eigenvalue weighted by molar-refractivity contribution is 0.637. The van der Waals surface area contributed by atoms with E-state index in [4.69, 9.17) is 5.73 Å². The molecule has 19 heavy (non-hydrogen) atoms. The minimum atomic E-state index is 0.107. The maximum atomic E-state index is 12.0. The minimum Gasteiger partial charge on any atom is -0.399 e. The van der Waals surface area contributed by atoms with E-state index in [0.717, 1.165) is 43.5 Å². The van der Waals surface area contributed by atoms with Crippen molar-refractivity contribution in [2.75, 3.05) is 5.73 Å². The first kappa shape index (κ1) is 12.0. The van der Waals surface area contributed by atoms with E-state index in [1.54, 1.807) is 6.07 Å². The van der Waals surface area contributed by atoms with Gasteiger partial charge in [-0.15, -0.1) is 0 Å². The number of pyridine rings is 1. The zero-order valence-corrected chi connectivity index (χ0v) is 10.9. The molecular formula is C16H18N2O. The predicted molar refractivity (Wildman–Crippen MR) is 77.3 cm³/mol. The van der Waals surface area contributed by atoms with Gasteiger partial charge in [-0.25, -0.2) is 0 Å². The van der Waals surface area contributed by atoms with Gasteiger partial charge in [-0.05, 0) is 42.9 Å². The van der Waals surface area contributed by atoms with E-state index in [1.807, 2.05) is 34.9 Å². The number of aryl methyl sites for hydroxylation is 2. The molecule has 1 heterocycles. The molecule has 0 unspecified atom stereocenters. The number of rotatable bonds is 3. The van der Waals surface area contributed by atoms with Crippen LogP contribution in [0.1, 0.15) is 23.2 Å². The van der Waals surface area contributed by atoms with Gasteiger partial charge in [0.25, 0.3) is 5.56 Å². The summed E-state index contributed by atoms with van der Waals surface area (Å²) in [6.45, 7) is 0.718. The first-order chi connectivity index (χ1) is 9.25. The normalized spacial score (nSPS) is 13.5. The summed E-state index contributed by atoms with van der Waals surface area (Å²) in [7, 11) is 0. The van der Waals surface area contributed by atoms with Gasteiger partial charge < -0.3 is 10.3 Å². The number of nitrogens with two attached hydrogens (primary N) is 1. The van der Waals surface area contributed by atoms with Crippen molar-refractivity contribution in [2.45, 2.75) is 32.2 Å². The number of aromatic nitrogens is 1. The maximum absolute atomic E-state index is 12.0. The molecule has 3 rings (SSSR count). The second kappa shape index (κ2) is 4.92. The highest BCUT2D eigenvalue weighted by Crippen LogP contribution is 2.20. The van der Waals surface area contributed by atoms with E-state index < -0.39 is 0 Å². The molecule has 0 amide bonds. The number of hydrogen-bond donors (Lipinski definition) is 1. The summed E-state index contributed by atoms with van der Waals surface area (Å²) in [6.07, 6.45) is 4.09. The lowest BCUT2D eigenvalue weighted by Gasteiger charge is -2.12. The zero-order chi connectivity index (χ0) is 13.2. The van der Waals surface area contributed by atoms with Crippen LogP contribution in [0.3, 0.4) is 0 Å². The second-order valence-corrected chi connectivity index (χ2v) is 5.10. The molecule has 0 bridgehead atoms. The molecular weight excluding hydrogens is 236 g/mol. The van der Waals surface area contributed by atoms with Crippen LogP contribution in [0.25, 0.3) is 0 Å². The predicted octanol–water partition coefficient (Wildman–Crippen LogP) is 2.16. The fraction of sp³-hybridized carbons (Fsp3) is 0.312. The molecule has 3 nitrogen and oxygen atoms in total. The summed E-state index contributed by atoms with van der Waals surface area (Å²) >= 11 is 0. The molecule has 0 aliphatic heterocycles. The topological polar surface area (TPSA) is 48.0 Å². The molecule has 0 spiro atoms. The van der Waals surface area contributed by atoms with Gasteiger partial charge in [0.1, 0.15) is 0 Å². The first-order valence-electron chi connectivity index (χ1n) is 6.80. The highest BCUT2D eigenvalue weighted by Gasteiger charge is 2.15. The van der Waals surface area contributed by atoms with Crippen LogP contribution >= 0.6 is 0 Å². The Morgan fingerprint density at radius 1 is 1.11 bits per heavy atom. The quantitative estimate of drug-likeness (QED) is 0.853. The molecule has 0 saturated heterocycles. The van der Waals surface area contributed by atoms with Crippen LogP contribution in [-0.2, 0) is 25.8 Å². The Bertz CT molecular complexity index is 658. The molecule has 2 aromatic rings. The van der Waals surface area contributed by atoms with E-state index >= 15 is 0 Å². The zero-order valence-electron chi connectivity index (χ0n) is 10.9. The van der Waals surface area contributed by atoms with E-state index in [0.29, 0.717) is 0 Å². The number of nitrogen functional groups attached to an aromatic ring is 1. The van der Waals surface area contributed by atoms with Crippen molar-refractivity contribution in [3.05, 3.63) is 63.6 Å². The monoisotopic (exact) mass is 254 g/mol. The van der Waals surface area contributed by atoms with Crippen molar-refractivity contribution >= 4 is 5.69 Å². The van der Waals surface area contributed by atoms with Gasteiger partial charge in [-0.2, -0.15) is 0 Å². The van der Waals surface area contributed by atoms with Gasteiger partial charge in [0.15, 0.2) is 0 Å². The molecule has 0 radical (unpaired) electrons. The van der Waals surface area contributed by atoms with Crippen LogP contribution in [0.4, 0.5) is 5.69 Å². The number of nitrogens with zero attached hydrogens (tertiary/aromatic N) is 1. The van der Waals surface area contributed by atoms with Crippen molar-refractivity contribution in [1.82, 2.24) is 4.57 Å². The van der Waals surface area contributed by atoms with Crippen LogP contribution in [0.15, 0.2) is 41.2 Å². The van der Waals surface area contributed by atoms with Crippen molar-refractivity contribution in [3.63, 3.8) is 0 Å². The number of hydrogen-bond acceptors (Lipinski definition) is 2. The standard InChI is InChI=1S/C16H18N2O/c17-14-6-2-1-4-12(14)10-11-18-15-7-3-5-13(15)8-9-16(18)19/h1-2,4,6,8-9H,3,5,7,10-11,17H2. The Kier molecular flexibility index (Phi) is 3.11. The second-order valence-electron chi connectivity index (χ2n) is 5.10. The Labute approximate surface area is 112 Å². The third-order valence-electron chi connectivity index (χ3n) is 3.91. The van der Waals surface area contributed by atoms with Crippen LogP contribution < -0.4 is 11.3 Å². The summed E-state index contributed by atoms with van der Waals surface area (Å²) in [6, 6.07) is 11.5. The Morgan fingerprint density at radius 3 is 2.79 bits per heavy atom. The smallest absolute Gasteiger partial charge is 0.250 e. The first-order valence-corrected chi connectivity index (χ1v) is 6.80. The number of para-hydroxylation sites is 1. The lowest BCUT2D eigenvalue weighted by Crippen LogP contribution is -2.23. The molecule has 0 atom stereocenters. The lowest BCUT2D eigenvalue weighted by atomic mass is 10.1. The molecule has 1 aliphatic carbocycles. The minimum absolute atomic E-state index is 0.107. The molecule has 1 aliphatic rings. The number of fused-ring (bicyclic) bond motifs is 1. The van der Waals surface area contributed by atoms with Crippen molar-refractivity contribution in [1.29, 1.82) is 0 Å². The fourth-order valence-electron chi connectivity index (χ4n) is 2.87. The SMILES string of the molecule is Nc1ccccc1CCn1c2c(ccc1=O)CCC2. The molecule has 2 N–H and O–H groups in total. The van der Waals surface area contributed by atoms with Crippen LogP contribution in [0, 0.1) is 0 Å². The van der Waals surface area contributed by atoms with E-state index in [1.165, 1.54) is 11.3 Å². The Balaban J connectivity index is 1.87. The number of anilines is 1. The summed E-state index contributed by atoms with van der Waals surface area (Å²) < 4.78 is 1.93. The van der Waals surface area contributed by atoms with Gasteiger partial charge in [-0.3, -0.25) is 4.79 Å². The summed E-state index contributed by atoms with van der Waals surface area (Å²) in [5.74, 6) is 0. The largest absolute Gasteiger partial charge is 0.399 e. The van der Waals surface area contributed by atoms with Gasteiger partial charge >= 0.3 is 0 Å². The van der Waals surface area contributed by atoms with Crippen LogP contribution in [0.5, 0.6) is 0 Å². The van der Waals surface area contributed by atoms with Crippen LogP contribution in [-0.4, -0.2) is 4.57 Å². The fourth-order valence-corrected chi connectivity index (χ4v) is 2.87. The summed E-state index contributed by atoms with van der Waals surface area (Å²) in [5.41, 5.74) is 10.5. The molecule has 1 aromatic carbocycles. The van der Waals surface area contributed by atoms with Gasteiger partial charge in [0.2, 0.25) is 0 Å². The van der Waals surface area contributed by atoms with Gasteiger partial charge in [0.05, 0.1) is 0 Å². The van der Waals surface area contributed by atoms with E-state index in [-0.39, 0.29) is 5.56 Å². The summed E-state index contributed by atoms with van der Waals surface area (Å²) in [5, 5.41) is 0. The molecule has 0 fully saturated rings. The number of benzene rings is 1. The highest BCUT2D eigenvalue weighted by atomic mass is 16.1. The maximum Gasteiger partial charge on any atom is 0.250 e. The average molecular weight is 254 g/mol. The highest BCUT2D eigenvalue weighted by molar-refractivity contribution is 5.46. The average Bonchev–Trinajstić information content (AvgIpc) is 2.88. The molecule has 3 heteroatoms. The van der Waals surface area contributed by atoms with Crippen LogP contribution in [0.2, 0.25) is 0 Å². The van der Waals surface area contributed by atoms with Crippen molar-refractivity contribution < 1.29 is 0 Å². The summed E-state index contributed by atoms with van der Waals surface area (Å²) in [4.78, 5) is 12.0. The third-order valence-corrected chi connectivity index (χ3v) is 3.91.